The van der Waals surface area contributed by atoms with Gasteiger partial charge in [-0.2, -0.15) is 0 Å². The Bertz CT molecular complexity index is 1430. The molecule has 7 nitrogen and oxygen atoms in total. The zero-order chi connectivity index (χ0) is 24.6. The number of aromatic carboxylic acids is 1. The Hall–Kier alpha value is -3.20. The predicted molar refractivity (Wildman–Crippen MR) is 140 cm³/mol. The molecule has 1 N–H and O–H groups in total. The van der Waals surface area contributed by atoms with Crippen molar-refractivity contribution in [3.05, 3.63) is 87.7 Å². The normalized spacial score (nSPS) is 17.5. The number of nitrogens with zero attached hydrogens (tertiary/aromatic N) is 3. The molecule has 0 amide bonds. The molecule has 3 heterocycles. The molecule has 0 bridgehead atoms. The first-order valence-corrected chi connectivity index (χ1v) is 12.9. The largest absolute Gasteiger partial charge is 0.478 e. The van der Waals surface area contributed by atoms with Gasteiger partial charge in [-0.15, -0.1) is 0 Å². The lowest BCUT2D eigenvalue weighted by atomic mass is 9.99. The van der Waals surface area contributed by atoms with E-state index in [-0.39, 0.29) is 11.7 Å². The highest BCUT2D eigenvalue weighted by atomic mass is 79.9. The molecule has 1 fully saturated rings. The fourth-order valence-electron chi connectivity index (χ4n) is 4.89. The Kier molecular flexibility index (Phi) is 6.25. The maximum absolute atomic E-state index is 11.6. The highest BCUT2D eigenvalue weighted by molar-refractivity contribution is 9.10. The molecule has 0 spiro atoms. The van der Waals surface area contributed by atoms with Crippen molar-refractivity contribution in [3.8, 4) is 11.5 Å². The molecule has 2 aliphatic rings. The van der Waals surface area contributed by atoms with Crippen LogP contribution in [0.25, 0.3) is 11.0 Å². The smallest absolute Gasteiger partial charge is 0.335 e. The highest BCUT2D eigenvalue weighted by Crippen LogP contribution is 2.30. The number of imidazole rings is 1. The van der Waals surface area contributed by atoms with Gasteiger partial charge in [-0.05, 0) is 78.6 Å². The molecule has 0 saturated carbocycles. The van der Waals surface area contributed by atoms with E-state index in [1.54, 1.807) is 18.2 Å². The van der Waals surface area contributed by atoms with Crippen LogP contribution in [-0.2, 0) is 30.8 Å². The van der Waals surface area contributed by atoms with Crippen LogP contribution in [0, 0.1) is 0 Å². The SMILES string of the molecule is O=C(O)c1ccc2nc(CN3CCc4ccc(Oc5ccc(Br)cc5)cc4C3)n(C[C@@H]3CCO3)c2c1. The molecule has 36 heavy (non-hydrogen) atoms. The average Bonchev–Trinajstić information content (AvgIpc) is 3.18. The zero-order valence-corrected chi connectivity index (χ0v) is 21.3. The summed E-state index contributed by atoms with van der Waals surface area (Å²) in [7, 11) is 0. The first-order valence-electron chi connectivity index (χ1n) is 12.1. The van der Waals surface area contributed by atoms with Crippen LogP contribution < -0.4 is 4.74 Å². The van der Waals surface area contributed by atoms with E-state index < -0.39 is 5.97 Å². The summed E-state index contributed by atoms with van der Waals surface area (Å²) in [6.07, 6.45) is 2.12. The lowest BCUT2D eigenvalue weighted by Gasteiger charge is -2.30. The average molecular weight is 548 g/mol. The minimum atomic E-state index is -0.931. The molecule has 6 rings (SSSR count). The Balaban J connectivity index is 1.24. The van der Waals surface area contributed by atoms with E-state index in [0.717, 1.165) is 65.4 Å². The Morgan fingerprint density at radius 2 is 1.89 bits per heavy atom. The van der Waals surface area contributed by atoms with Crippen LogP contribution in [0.4, 0.5) is 0 Å². The Morgan fingerprint density at radius 3 is 2.64 bits per heavy atom. The van der Waals surface area contributed by atoms with Gasteiger partial charge < -0.3 is 19.1 Å². The topological polar surface area (TPSA) is 76.8 Å². The first kappa shape index (κ1) is 23.2. The number of fused-ring (bicyclic) bond motifs is 2. The Morgan fingerprint density at radius 1 is 1.08 bits per heavy atom. The third-order valence-corrected chi connectivity index (χ3v) is 7.47. The summed E-state index contributed by atoms with van der Waals surface area (Å²) in [5.74, 6) is 1.64. The second-order valence-corrected chi connectivity index (χ2v) is 10.3. The van der Waals surface area contributed by atoms with Gasteiger partial charge in [-0.1, -0.05) is 22.0 Å². The van der Waals surface area contributed by atoms with E-state index >= 15 is 0 Å². The Labute approximate surface area is 217 Å². The summed E-state index contributed by atoms with van der Waals surface area (Å²) in [5, 5.41) is 9.49. The minimum Gasteiger partial charge on any atom is -0.478 e. The van der Waals surface area contributed by atoms with E-state index in [4.69, 9.17) is 14.5 Å². The molecular formula is C28H26BrN3O4. The molecule has 1 saturated heterocycles. The van der Waals surface area contributed by atoms with E-state index in [1.807, 2.05) is 30.3 Å². The summed E-state index contributed by atoms with van der Waals surface area (Å²) in [5.41, 5.74) is 4.54. The van der Waals surface area contributed by atoms with Crippen molar-refractivity contribution >= 4 is 32.9 Å². The molecule has 8 heteroatoms. The molecule has 3 aromatic carbocycles. The van der Waals surface area contributed by atoms with Gasteiger partial charge in [0.25, 0.3) is 0 Å². The van der Waals surface area contributed by atoms with Gasteiger partial charge in [-0.3, -0.25) is 4.90 Å². The molecule has 184 valence electrons. The molecule has 2 aliphatic heterocycles. The lowest BCUT2D eigenvalue weighted by molar-refractivity contribution is -0.0592. The summed E-state index contributed by atoms with van der Waals surface area (Å²) in [6, 6.07) is 19.3. The molecule has 0 unspecified atom stereocenters. The minimum absolute atomic E-state index is 0.148. The summed E-state index contributed by atoms with van der Waals surface area (Å²) >= 11 is 3.46. The molecule has 1 atom stereocenters. The third-order valence-electron chi connectivity index (χ3n) is 6.94. The number of hydrogen-bond donors (Lipinski definition) is 1. The fraction of sp³-hybridized carbons (Fsp3) is 0.286. The third kappa shape index (κ3) is 4.76. The number of hydrogen-bond acceptors (Lipinski definition) is 5. The second kappa shape index (κ2) is 9.69. The van der Waals surface area contributed by atoms with Gasteiger partial charge in [-0.25, -0.2) is 9.78 Å². The maximum atomic E-state index is 11.6. The van der Waals surface area contributed by atoms with Gasteiger partial charge in [0.05, 0.1) is 35.8 Å². The number of carbonyl (C=O) groups is 1. The number of aromatic nitrogens is 2. The van der Waals surface area contributed by atoms with E-state index in [2.05, 4.69) is 37.5 Å². The van der Waals surface area contributed by atoms with Crippen molar-refractivity contribution in [2.75, 3.05) is 13.2 Å². The molecule has 4 aromatic rings. The zero-order valence-electron chi connectivity index (χ0n) is 19.7. The van der Waals surface area contributed by atoms with Crippen molar-refractivity contribution in [3.63, 3.8) is 0 Å². The van der Waals surface area contributed by atoms with Gasteiger partial charge in [0.1, 0.15) is 17.3 Å². The predicted octanol–water partition coefficient (Wildman–Crippen LogP) is 5.64. The van der Waals surface area contributed by atoms with Gasteiger partial charge >= 0.3 is 5.97 Å². The van der Waals surface area contributed by atoms with E-state index in [1.165, 1.54) is 11.1 Å². The molecular weight excluding hydrogens is 522 g/mol. The number of rotatable bonds is 7. The number of benzene rings is 3. The van der Waals surface area contributed by atoms with Crippen molar-refractivity contribution in [2.45, 2.75) is 38.6 Å². The molecule has 1 aromatic heterocycles. The van der Waals surface area contributed by atoms with E-state index in [0.29, 0.717) is 13.1 Å². The van der Waals surface area contributed by atoms with E-state index in [9.17, 15) is 9.90 Å². The van der Waals surface area contributed by atoms with Crippen molar-refractivity contribution in [2.24, 2.45) is 0 Å². The summed E-state index contributed by atoms with van der Waals surface area (Å²) < 4.78 is 14.9. The van der Waals surface area contributed by atoms with Crippen LogP contribution in [-0.4, -0.2) is 44.8 Å². The number of ether oxygens (including phenoxy) is 2. The second-order valence-electron chi connectivity index (χ2n) is 9.38. The van der Waals surface area contributed by atoms with Crippen LogP contribution in [0.3, 0.4) is 0 Å². The van der Waals surface area contributed by atoms with Crippen molar-refractivity contribution < 1.29 is 19.4 Å². The van der Waals surface area contributed by atoms with Gasteiger partial charge in [0, 0.05) is 24.2 Å². The fourth-order valence-corrected chi connectivity index (χ4v) is 5.16. The number of carboxylic acids is 1. The molecule has 0 aliphatic carbocycles. The summed E-state index contributed by atoms with van der Waals surface area (Å²) in [4.78, 5) is 18.9. The van der Waals surface area contributed by atoms with Crippen LogP contribution >= 0.6 is 15.9 Å². The lowest BCUT2D eigenvalue weighted by Crippen LogP contribution is -2.34. The first-order chi connectivity index (χ1) is 17.5. The number of carboxylic acid groups (broad SMARTS) is 1. The summed E-state index contributed by atoms with van der Waals surface area (Å²) in [6.45, 7) is 3.88. The molecule has 0 radical (unpaired) electrons. The van der Waals surface area contributed by atoms with Crippen LogP contribution in [0.1, 0.15) is 33.7 Å². The maximum Gasteiger partial charge on any atom is 0.335 e. The standard InChI is InChI=1S/C28H26BrN3O4/c29-21-3-6-22(7-4-21)36-23-5-1-18-9-11-31(15-20(18)13-23)17-27-30-25-8-2-19(28(33)34)14-26(25)32(27)16-24-10-12-35-24/h1-8,13-14,24H,9-12,15-17H2,(H,33,34)/t24-/m0/s1. The van der Waals surface area contributed by atoms with Crippen LogP contribution in [0.2, 0.25) is 0 Å². The highest BCUT2D eigenvalue weighted by Gasteiger charge is 2.24. The van der Waals surface area contributed by atoms with Crippen LogP contribution in [0.5, 0.6) is 11.5 Å². The number of halogens is 1. The monoisotopic (exact) mass is 547 g/mol. The van der Waals surface area contributed by atoms with Gasteiger partial charge in [0.2, 0.25) is 0 Å². The van der Waals surface area contributed by atoms with Crippen molar-refractivity contribution in [1.29, 1.82) is 0 Å². The van der Waals surface area contributed by atoms with Crippen LogP contribution in [0.15, 0.2) is 65.1 Å². The van der Waals surface area contributed by atoms with Crippen molar-refractivity contribution in [1.82, 2.24) is 14.5 Å². The quantitative estimate of drug-likeness (QED) is 0.323. The van der Waals surface area contributed by atoms with Gasteiger partial charge in [0.15, 0.2) is 0 Å².